The molecule has 1 aliphatic heterocycles. The number of carbonyl (C=O) groups excluding carboxylic acids is 4. The Morgan fingerprint density at radius 3 is 2.56 bits per heavy atom. The molecular weight excluding hydrogens is 522 g/mol. The Morgan fingerprint density at radius 1 is 1.21 bits per heavy atom. The molecule has 0 bridgehead atoms. The van der Waals surface area contributed by atoms with Crippen molar-refractivity contribution in [3.05, 3.63) is 53.4 Å². The first-order chi connectivity index (χ1) is 18.4. The van der Waals surface area contributed by atoms with Gasteiger partial charge in [-0.1, -0.05) is 19.9 Å². The topological polar surface area (TPSA) is 150 Å². The third-order valence-corrected chi connectivity index (χ3v) is 5.95. The molecule has 1 aromatic heterocycles. The zero-order valence-corrected chi connectivity index (χ0v) is 21.6. The van der Waals surface area contributed by atoms with Crippen molar-refractivity contribution in [1.29, 1.82) is 0 Å². The summed E-state index contributed by atoms with van der Waals surface area (Å²) in [6, 6.07) is 2.55. The molecule has 1 amide bonds. The minimum absolute atomic E-state index is 0.0436. The van der Waals surface area contributed by atoms with E-state index in [4.69, 9.17) is 18.9 Å². The molecule has 11 nitrogen and oxygen atoms in total. The Morgan fingerprint density at radius 2 is 1.92 bits per heavy atom. The smallest absolute Gasteiger partial charge is 0.332 e. The summed E-state index contributed by atoms with van der Waals surface area (Å²) in [4.78, 5) is 55.2. The Bertz CT molecular complexity index is 1250. The number of nitrogens with one attached hydrogen (secondary N) is 1. The quantitative estimate of drug-likeness (QED) is 0.387. The number of hydrogen-bond donors (Lipinski definition) is 2. The first kappa shape index (κ1) is 29.3. The number of amides is 1. The number of aromatic hydroxyl groups is 1. The summed E-state index contributed by atoms with van der Waals surface area (Å²) in [5.74, 6) is -8.08. The summed E-state index contributed by atoms with van der Waals surface area (Å²) >= 11 is 0. The highest BCUT2D eigenvalue weighted by Crippen LogP contribution is 2.28. The molecule has 0 saturated carbocycles. The number of halogens is 2. The largest absolute Gasteiger partial charge is 0.503 e. The second kappa shape index (κ2) is 12.5. The van der Waals surface area contributed by atoms with Gasteiger partial charge in [0.1, 0.15) is 30.3 Å². The fraction of sp³-hybridized carbons (Fsp3) is 0.423. The van der Waals surface area contributed by atoms with Gasteiger partial charge in [-0.3, -0.25) is 14.4 Å². The maximum Gasteiger partial charge on any atom is 0.332 e. The summed E-state index contributed by atoms with van der Waals surface area (Å²) in [5, 5.41) is 12.5. The monoisotopic (exact) mass is 550 g/mol. The molecule has 1 saturated heterocycles. The number of pyridine rings is 1. The lowest BCUT2D eigenvalue weighted by Crippen LogP contribution is -2.47. The van der Waals surface area contributed by atoms with Gasteiger partial charge in [-0.15, -0.1) is 0 Å². The normalized spacial score (nSPS) is 21.6. The molecule has 4 unspecified atom stereocenters. The third kappa shape index (κ3) is 6.98. The van der Waals surface area contributed by atoms with Crippen LogP contribution in [0.15, 0.2) is 30.5 Å². The molecule has 3 rings (SSSR count). The van der Waals surface area contributed by atoms with E-state index in [9.17, 15) is 33.1 Å². The van der Waals surface area contributed by atoms with Crippen LogP contribution in [0, 0.1) is 23.5 Å². The van der Waals surface area contributed by atoms with E-state index in [1.165, 1.54) is 26.3 Å². The Kier molecular flexibility index (Phi) is 9.38. The molecule has 0 spiro atoms. The van der Waals surface area contributed by atoms with Crippen LogP contribution in [0.2, 0.25) is 0 Å². The number of ether oxygens (including phenoxy) is 4. The molecule has 39 heavy (non-hydrogen) atoms. The maximum absolute atomic E-state index is 14.5. The average Bonchev–Trinajstić information content (AvgIpc) is 2.91. The summed E-state index contributed by atoms with van der Waals surface area (Å²) < 4.78 is 49.0. The molecule has 2 heterocycles. The Balaban J connectivity index is 1.91. The lowest BCUT2D eigenvalue weighted by atomic mass is 9.90. The van der Waals surface area contributed by atoms with Crippen LogP contribution in [0.1, 0.15) is 36.8 Å². The molecule has 2 N–H and O–H groups in total. The molecule has 210 valence electrons. The zero-order chi connectivity index (χ0) is 28.9. The van der Waals surface area contributed by atoms with Crippen LogP contribution in [0.3, 0.4) is 0 Å². The second-order valence-corrected chi connectivity index (χ2v) is 9.11. The van der Waals surface area contributed by atoms with E-state index in [1.807, 2.05) is 0 Å². The van der Waals surface area contributed by atoms with Crippen LogP contribution in [0.5, 0.6) is 11.5 Å². The molecule has 1 aromatic carbocycles. The van der Waals surface area contributed by atoms with E-state index in [0.29, 0.717) is 6.07 Å². The minimum atomic E-state index is -1.54. The van der Waals surface area contributed by atoms with Crippen LogP contribution in [0.25, 0.3) is 0 Å². The van der Waals surface area contributed by atoms with Gasteiger partial charge in [0, 0.05) is 18.3 Å². The highest BCUT2D eigenvalue weighted by molar-refractivity contribution is 5.98. The van der Waals surface area contributed by atoms with Gasteiger partial charge in [0.05, 0.1) is 13.0 Å². The van der Waals surface area contributed by atoms with Crippen molar-refractivity contribution in [2.24, 2.45) is 11.8 Å². The number of aromatic nitrogens is 1. The minimum Gasteiger partial charge on any atom is -0.503 e. The molecule has 1 fully saturated rings. The van der Waals surface area contributed by atoms with E-state index >= 15 is 0 Å². The van der Waals surface area contributed by atoms with E-state index in [1.54, 1.807) is 13.8 Å². The Labute approximate surface area is 222 Å². The lowest BCUT2D eigenvalue weighted by Gasteiger charge is -2.29. The predicted octanol–water partition coefficient (Wildman–Crippen LogP) is 2.09. The van der Waals surface area contributed by atoms with Gasteiger partial charge in [0.15, 0.2) is 29.3 Å². The summed E-state index contributed by atoms with van der Waals surface area (Å²) in [6.45, 7) is 3.76. The number of esters is 3. The first-order valence-electron chi connectivity index (χ1n) is 12.0. The SMILES string of the molecule is COc1ccnc(C(=O)NC2COC(=O)C(Cc3ccc(F)cc3F)C(OC(=O)C(C)C)C(C)OC2=O)c1O. The van der Waals surface area contributed by atoms with Crippen molar-refractivity contribution in [3.63, 3.8) is 0 Å². The van der Waals surface area contributed by atoms with Gasteiger partial charge in [-0.25, -0.2) is 18.6 Å². The fourth-order valence-electron chi connectivity index (χ4n) is 3.80. The van der Waals surface area contributed by atoms with Gasteiger partial charge >= 0.3 is 17.9 Å². The van der Waals surface area contributed by atoms with Gasteiger partial charge in [0.25, 0.3) is 5.91 Å². The summed E-state index contributed by atoms with van der Waals surface area (Å²) in [5.41, 5.74) is -0.527. The zero-order valence-electron chi connectivity index (χ0n) is 21.6. The van der Waals surface area contributed by atoms with Crippen molar-refractivity contribution in [2.45, 2.75) is 45.4 Å². The van der Waals surface area contributed by atoms with E-state index < -0.39 is 83.6 Å². The van der Waals surface area contributed by atoms with Gasteiger partial charge in [-0.05, 0) is 25.0 Å². The number of hydrogen-bond acceptors (Lipinski definition) is 10. The van der Waals surface area contributed by atoms with Gasteiger partial charge < -0.3 is 29.4 Å². The molecule has 1 aliphatic rings. The first-order valence-corrected chi connectivity index (χ1v) is 12.0. The maximum atomic E-state index is 14.5. The number of benzene rings is 1. The number of cyclic esters (lactones) is 2. The number of nitrogens with zero attached hydrogens (tertiary/aromatic N) is 1. The highest BCUT2D eigenvalue weighted by Gasteiger charge is 2.42. The van der Waals surface area contributed by atoms with Gasteiger partial charge in [-0.2, -0.15) is 0 Å². The highest BCUT2D eigenvalue weighted by atomic mass is 19.1. The van der Waals surface area contributed by atoms with E-state index in [0.717, 1.165) is 12.1 Å². The molecule has 13 heteroatoms. The van der Waals surface area contributed by atoms with Crippen LogP contribution >= 0.6 is 0 Å². The number of methoxy groups -OCH3 is 1. The third-order valence-electron chi connectivity index (χ3n) is 5.95. The summed E-state index contributed by atoms with van der Waals surface area (Å²) in [6.07, 6.45) is -1.83. The standard InChI is InChI=1S/C26H28F2N2O9/c1-12(2)24(33)39-22-13(3)38-26(35)18(30-23(32)20-21(31)19(36-4)7-8-29-20)11-37-25(34)16(22)9-14-5-6-15(27)10-17(14)28/h5-8,10,12-13,16,18,22,31H,9,11H2,1-4H3,(H,30,32). The van der Waals surface area contributed by atoms with Gasteiger partial charge in [0.2, 0.25) is 0 Å². The molecule has 0 aliphatic carbocycles. The van der Waals surface area contributed by atoms with Crippen molar-refractivity contribution in [3.8, 4) is 11.5 Å². The summed E-state index contributed by atoms with van der Waals surface area (Å²) in [7, 11) is 1.27. The van der Waals surface area contributed by atoms with Crippen LogP contribution in [0.4, 0.5) is 8.78 Å². The van der Waals surface area contributed by atoms with Crippen LogP contribution in [-0.4, -0.2) is 65.9 Å². The average molecular weight is 551 g/mol. The lowest BCUT2D eigenvalue weighted by molar-refractivity contribution is -0.176. The van der Waals surface area contributed by atoms with Crippen molar-refractivity contribution >= 4 is 23.8 Å². The molecular formula is C26H28F2N2O9. The molecule has 4 atom stereocenters. The van der Waals surface area contributed by atoms with E-state index in [2.05, 4.69) is 10.3 Å². The molecule has 2 aromatic rings. The fourth-order valence-corrected chi connectivity index (χ4v) is 3.80. The van der Waals surface area contributed by atoms with Crippen molar-refractivity contribution in [2.75, 3.05) is 13.7 Å². The molecule has 0 radical (unpaired) electrons. The van der Waals surface area contributed by atoms with Crippen molar-refractivity contribution < 1.29 is 52.0 Å². The Hall–Kier alpha value is -4.29. The predicted molar refractivity (Wildman–Crippen MR) is 128 cm³/mol. The van der Waals surface area contributed by atoms with E-state index in [-0.39, 0.29) is 17.7 Å². The van der Waals surface area contributed by atoms with Crippen LogP contribution in [-0.2, 0) is 35.0 Å². The number of rotatable bonds is 7. The van der Waals surface area contributed by atoms with Crippen molar-refractivity contribution in [1.82, 2.24) is 10.3 Å². The number of carbonyl (C=O) groups is 4. The second-order valence-electron chi connectivity index (χ2n) is 9.11. The van der Waals surface area contributed by atoms with Crippen LogP contribution < -0.4 is 10.1 Å².